The van der Waals surface area contributed by atoms with Crippen molar-refractivity contribution in [2.24, 2.45) is 10.9 Å². The van der Waals surface area contributed by atoms with Gasteiger partial charge in [0.05, 0.1) is 6.54 Å². The highest BCUT2D eigenvalue weighted by Gasteiger charge is 2.06. The van der Waals surface area contributed by atoms with Crippen molar-refractivity contribution in [3.63, 3.8) is 0 Å². The smallest absolute Gasteiger partial charge is 0.222 e. The van der Waals surface area contributed by atoms with Crippen molar-refractivity contribution in [2.75, 3.05) is 26.2 Å². The average molecular weight is 352 g/mol. The number of ether oxygens (including phenoxy) is 1. The maximum atomic E-state index is 12.9. The van der Waals surface area contributed by atoms with Crippen LogP contribution in [0.1, 0.15) is 27.7 Å². The van der Waals surface area contributed by atoms with Crippen molar-refractivity contribution in [3.05, 3.63) is 30.1 Å². The molecule has 7 heteroatoms. The summed E-state index contributed by atoms with van der Waals surface area (Å²) in [4.78, 5) is 16.0. The molecule has 0 aromatic heterocycles. The number of aliphatic imine (C=N–C) groups is 1. The van der Waals surface area contributed by atoms with E-state index in [4.69, 9.17) is 4.74 Å². The summed E-state index contributed by atoms with van der Waals surface area (Å²) in [5, 5.41) is 9.14. The first-order valence-corrected chi connectivity index (χ1v) is 8.64. The Hall–Kier alpha value is -2.31. The minimum absolute atomic E-state index is 0.0219. The summed E-state index contributed by atoms with van der Waals surface area (Å²) in [6.45, 7) is 9.89. The lowest BCUT2D eigenvalue weighted by atomic mass is 10.2. The summed E-state index contributed by atoms with van der Waals surface area (Å²) < 4.78 is 18.6. The molecule has 1 unspecified atom stereocenters. The molecule has 6 nitrogen and oxygen atoms in total. The number of nitrogens with one attached hydrogen (secondary N) is 3. The van der Waals surface area contributed by atoms with E-state index in [1.54, 1.807) is 12.1 Å². The van der Waals surface area contributed by atoms with E-state index in [1.807, 2.05) is 27.7 Å². The van der Waals surface area contributed by atoms with E-state index in [0.29, 0.717) is 31.3 Å². The fourth-order valence-corrected chi connectivity index (χ4v) is 1.92. The molecule has 0 aliphatic heterocycles. The van der Waals surface area contributed by atoms with Crippen LogP contribution in [0.2, 0.25) is 0 Å². The van der Waals surface area contributed by atoms with Crippen LogP contribution in [0.25, 0.3) is 0 Å². The molecule has 1 atom stereocenters. The standard InChI is InChI=1S/C18H29FN4O2/c1-5-20-18(22-11-10-21-17(24)13(2)3)23-12-14(4)25-16-8-6-15(19)7-9-16/h6-9,13-14H,5,10-12H2,1-4H3,(H,21,24)(H2,20,22,23). The minimum Gasteiger partial charge on any atom is -0.489 e. The van der Waals surface area contributed by atoms with Gasteiger partial charge in [-0.2, -0.15) is 0 Å². The zero-order chi connectivity index (χ0) is 18.7. The number of carbonyl (C=O) groups excluding carboxylic acids is 1. The van der Waals surface area contributed by atoms with Crippen LogP contribution in [0.3, 0.4) is 0 Å². The van der Waals surface area contributed by atoms with Crippen molar-refractivity contribution >= 4 is 11.9 Å². The van der Waals surface area contributed by atoms with Gasteiger partial charge in [0, 0.05) is 25.6 Å². The highest BCUT2D eigenvalue weighted by atomic mass is 19.1. The van der Waals surface area contributed by atoms with E-state index in [0.717, 1.165) is 6.54 Å². The summed E-state index contributed by atoms with van der Waals surface area (Å²) in [6, 6.07) is 5.91. The molecule has 0 radical (unpaired) electrons. The zero-order valence-corrected chi connectivity index (χ0v) is 15.4. The van der Waals surface area contributed by atoms with E-state index in [2.05, 4.69) is 20.9 Å². The molecule has 1 amide bonds. The fourth-order valence-electron chi connectivity index (χ4n) is 1.92. The Balaban J connectivity index is 2.40. The van der Waals surface area contributed by atoms with E-state index in [9.17, 15) is 9.18 Å². The molecule has 0 spiro atoms. The number of hydrogen-bond donors (Lipinski definition) is 3. The molecule has 0 heterocycles. The van der Waals surface area contributed by atoms with Crippen molar-refractivity contribution < 1.29 is 13.9 Å². The summed E-state index contributed by atoms with van der Waals surface area (Å²) in [6.07, 6.45) is -0.151. The number of nitrogens with zero attached hydrogens (tertiary/aromatic N) is 1. The molecule has 0 saturated carbocycles. The molecule has 25 heavy (non-hydrogen) atoms. The van der Waals surface area contributed by atoms with Crippen molar-refractivity contribution in [1.29, 1.82) is 0 Å². The summed E-state index contributed by atoms with van der Waals surface area (Å²) in [5.41, 5.74) is 0. The third-order valence-corrected chi connectivity index (χ3v) is 3.24. The van der Waals surface area contributed by atoms with Gasteiger partial charge in [-0.05, 0) is 38.1 Å². The molecular weight excluding hydrogens is 323 g/mol. The van der Waals surface area contributed by atoms with Gasteiger partial charge in [-0.1, -0.05) is 13.8 Å². The molecule has 0 aliphatic carbocycles. The molecule has 1 rings (SSSR count). The van der Waals surface area contributed by atoms with E-state index < -0.39 is 0 Å². The van der Waals surface area contributed by atoms with Gasteiger partial charge in [-0.15, -0.1) is 0 Å². The lowest BCUT2D eigenvalue weighted by Gasteiger charge is -2.15. The van der Waals surface area contributed by atoms with Crippen LogP contribution in [0, 0.1) is 11.7 Å². The highest BCUT2D eigenvalue weighted by Crippen LogP contribution is 2.12. The zero-order valence-electron chi connectivity index (χ0n) is 15.4. The molecule has 140 valence electrons. The lowest BCUT2D eigenvalue weighted by molar-refractivity contribution is -0.123. The van der Waals surface area contributed by atoms with Crippen LogP contribution in [0.4, 0.5) is 4.39 Å². The Bertz CT molecular complexity index is 547. The minimum atomic E-state index is -0.291. The number of benzene rings is 1. The van der Waals surface area contributed by atoms with Gasteiger partial charge >= 0.3 is 0 Å². The quantitative estimate of drug-likeness (QED) is 0.361. The van der Waals surface area contributed by atoms with E-state index in [-0.39, 0.29) is 23.7 Å². The van der Waals surface area contributed by atoms with Gasteiger partial charge in [0.1, 0.15) is 17.7 Å². The number of amides is 1. The highest BCUT2D eigenvalue weighted by molar-refractivity contribution is 5.80. The molecule has 3 N–H and O–H groups in total. The van der Waals surface area contributed by atoms with Crippen LogP contribution >= 0.6 is 0 Å². The maximum absolute atomic E-state index is 12.9. The lowest BCUT2D eigenvalue weighted by Crippen LogP contribution is -2.42. The monoisotopic (exact) mass is 352 g/mol. The Morgan fingerprint density at radius 3 is 2.36 bits per heavy atom. The second-order valence-corrected chi connectivity index (χ2v) is 5.97. The van der Waals surface area contributed by atoms with Crippen LogP contribution < -0.4 is 20.7 Å². The Kier molecular flexibility index (Phi) is 9.36. The normalized spacial score (nSPS) is 12.6. The predicted octanol–water partition coefficient (Wildman–Crippen LogP) is 1.92. The van der Waals surface area contributed by atoms with Crippen LogP contribution in [-0.2, 0) is 4.79 Å². The van der Waals surface area contributed by atoms with E-state index >= 15 is 0 Å². The number of halogens is 1. The second-order valence-electron chi connectivity index (χ2n) is 5.97. The van der Waals surface area contributed by atoms with Crippen LogP contribution in [0.15, 0.2) is 29.3 Å². The summed E-state index contributed by atoms with van der Waals surface area (Å²) >= 11 is 0. The summed E-state index contributed by atoms with van der Waals surface area (Å²) in [5.74, 6) is 0.993. The van der Waals surface area contributed by atoms with Gasteiger partial charge in [0.2, 0.25) is 5.91 Å². The van der Waals surface area contributed by atoms with E-state index in [1.165, 1.54) is 12.1 Å². The van der Waals surface area contributed by atoms with Gasteiger partial charge in [0.15, 0.2) is 5.96 Å². The first-order chi connectivity index (χ1) is 11.9. The Morgan fingerprint density at radius 1 is 1.12 bits per heavy atom. The largest absolute Gasteiger partial charge is 0.489 e. The third kappa shape index (κ3) is 8.93. The molecular formula is C18H29FN4O2. The van der Waals surface area contributed by atoms with Gasteiger partial charge < -0.3 is 20.7 Å². The second kappa shape index (κ2) is 11.3. The van der Waals surface area contributed by atoms with Crippen LogP contribution in [0.5, 0.6) is 5.75 Å². The number of carbonyl (C=O) groups is 1. The first-order valence-electron chi connectivity index (χ1n) is 8.64. The molecule has 0 saturated heterocycles. The number of rotatable bonds is 9. The van der Waals surface area contributed by atoms with Crippen molar-refractivity contribution in [2.45, 2.75) is 33.8 Å². The van der Waals surface area contributed by atoms with Gasteiger partial charge in [0.25, 0.3) is 0 Å². The third-order valence-electron chi connectivity index (χ3n) is 3.24. The number of guanidine groups is 1. The van der Waals surface area contributed by atoms with Crippen LogP contribution in [-0.4, -0.2) is 44.1 Å². The molecule has 1 aromatic rings. The molecule has 0 aliphatic rings. The molecule has 1 aromatic carbocycles. The number of hydrogen-bond acceptors (Lipinski definition) is 3. The van der Waals surface area contributed by atoms with Gasteiger partial charge in [-0.25, -0.2) is 9.38 Å². The molecule has 0 bridgehead atoms. The van der Waals surface area contributed by atoms with Crippen molar-refractivity contribution in [1.82, 2.24) is 16.0 Å². The first kappa shape index (κ1) is 20.7. The summed E-state index contributed by atoms with van der Waals surface area (Å²) in [7, 11) is 0. The molecule has 0 fully saturated rings. The predicted molar refractivity (Wildman–Crippen MR) is 98.3 cm³/mol. The fraction of sp³-hybridized carbons (Fsp3) is 0.556. The maximum Gasteiger partial charge on any atom is 0.222 e. The SMILES string of the molecule is CCNC(=NCC(C)Oc1ccc(F)cc1)NCCNC(=O)C(C)C. The van der Waals surface area contributed by atoms with Gasteiger partial charge in [-0.3, -0.25) is 4.79 Å². The average Bonchev–Trinajstić information content (AvgIpc) is 2.58. The topological polar surface area (TPSA) is 74.8 Å². The Morgan fingerprint density at radius 2 is 1.76 bits per heavy atom. The van der Waals surface area contributed by atoms with Crippen molar-refractivity contribution in [3.8, 4) is 5.75 Å². The Labute approximate surface area is 149 Å².